The summed E-state index contributed by atoms with van der Waals surface area (Å²) < 4.78 is 18.1. The predicted octanol–water partition coefficient (Wildman–Crippen LogP) is 3.02. The van der Waals surface area contributed by atoms with Gasteiger partial charge in [0.15, 0.2) is 0 Å². The molecule has 2 N–H and O–H groups in total. The van der Waals surface area contributed by atoms with Crippen molar-refractivity contribution in [2.45, 2.75) is 62.9 Å². The number of hydrogen-bond donors (Lipinski definition) is 2. The maximum Gasteiger partial charge on any atom is 0.230 e. The number of nitrogens with one attached hydrogen (secondary N) is 1. The zero-order valence-corrected chi connectivity index (χ0v) is 20.9. The smallest absolute Gasteiger partial charge is 0.230 e. The second kappa shape index (κ2) is 10.4. The molecule has 0 unspecified atom stereocenters. The topological polar surface area (TPSA) is 97.3 Å². The maximum absolute atomic E-state index is 13.3. The summed E-state index contributed by atoms with van der Waals surface area (Å²) in [5.74, 6) is -0.142. The molecular weight excluding hydrogens is 472 g/mol. The van der Waals surface area contributed by atoms with Crippen LogP contribution >= 0.6 is 0 Å². The van der Waals surface area contributed by atoms with Crippen molar-refractivity contribution < 1.29 is 28.9 Å². The summed E-state index contributed by atoms with van der Waals surface area (Å²) in [4.78, 5) is 28.5. The normalized spacial score (nSPS) is 27.5. The Bertz CT molecular complexity index is 1160. The van der Waals surface area contributed by atoms with E-state index in [1.165, 1.54) is 11.1 Å². The Labute approximate surface area is 216 Å². The average Bonchev–Trinajstić information content (AvgIpc) is 3.04. The molecule has 2 fully saturated rings. The SMILES string of the molecule is O=C1Nc2ccc(OC3CCOCC3)c(c2)[C@@H]2C[C@@H](CC(=O)N3CCc4ccccc4C3)O[C@H](CO)[C@H]12. The van der Waals surface area contributed by atoms with E-state index in [4.69, 9.17) is 14.2 Å². The summed E-state index contributed by atoms with van der Waals surface area (Å²) >= 11 is 0. The minimum atomic E-state index is -0.691. The number of aliphatic hydroxyl groups is 1. The van der Waals surface area contributed by atoms with Crippen LogP contribution in [0.2, 0.25) is 0 Å². The highest BCUT2D eigenvalue weighted by atomic mass is 16.5. The second-order valence-corrected chi connectivity index (χ2v) is 10.6. The summed E-state index contributed by atoms with van der Waals surface area (Å²) in [5, 5.41) is 13.2. The predicted molar refractivity (Wildman–Crippen MR) is 136 cm³/mol. The summed E-state index contributed by atoms with van der Waals surface area (Å²) in [5.41, 5.74) is 4.14. The van der Waals surface area contributed by atoms with Crippen LogP contribution in [-0.2, 0) is 32.0 Å². The van der Waals surface area contributed by atoms with Crippen LogP contribution < -0.4 is 10.1 Å². The van der Waals surface area contributed by atoms with Crippen LogP contribution in [0, 0.1) is 5.92 Å². The standard InChI is InChI=1S/C29H34N2O6/c32-17-26-28-24(14-22(37-26)15-27(33)31-10-7-18-3-1-2-4-19(18)16-31)23-13-20(30-29(28)34)5-6-25(23)36-21-8-11-35-12-9-21/h1-6,13,21-22,24,26,28,32H,7-12,14-17H2,(H,30,34)/t22-,24-,26+,28+/m0/s1. The van der Waals surface area contributed by atoms with Gasteiger partial charge in [0.1, 0.15) is 11.9 Å². The fraction of sp³-hybridized carbons (Fsp3) is 0.517. The van der Waals surface area contributed by atoms with Crippen molar-refractivity contribution in [1.29, 1.82) is 0 Å². The summed E-state index contributed by atoms with van der Waals surface area (Å²) in [7, 11) is 0. The number of aliphatic hydroxyl groups excluding tert-OH is 1. The number of benzene rings is 2. The molecule has 0 aliphatic carbocycles. The molecule has 6 rings (SSSR count). The lowest BCUT2D eigenvalue weighted by Gasteiger charge is -2.41. The lowest BCUT2D eigenvalue weighted by atomic mass is 9.76. The van der Waals surface area contributed by atoms with Gasteiger partial charge in [0.05, 0.1) is 44.4 Å². The van der Waals surface area contributed by atoms with Crippen molar-refractivity contribution in [3.05, 3.63) is 59.2 Å². The van der Waals surface area contributed by atoms with Gasteiger partial charge in [-0.2, -0.15) is 0 Å². The summed E-state index contributed by atoms with van der Waals surface area (Å²) in [6.45, 7) is 2.35. The lowest BCUT2D eigenvalue weighted by molar-refractivity contribution is -0.152. The van der Waals surface area contributed by atoms with Crippen LogP contribution in [0.1, 0.15) is 48.3 Å². The van der Waals surface area contributed by atoms with E-state index in [0.717, 1.165) is 30.6 Å². The van der Waals surface area contributed by atoms with Crippen LogP contribution in [0.5, 0.6) is 5.75 Å². The van der Waals surface area contributed by atoms with Crippen molar-refractivity contribution in [1.82, 2.24) is 4.90 Å². The molecule has 196 valence electrons. The number of fused-ring (bicyclic) bond motifs is 5. The molecule has 4 atom stereocenters. The molecule has 4 aliphatic heterocycles. The largest absolute Gasteiger partial charge is 0.490 e. The number of ether oxygens (including phenoxy) is 3. The number of carbonyl (C=O) groups is 2. The van der Waals surface area contributed by atoms with Crippen LogP contribution in [0.15, 0.2) is 42.5 Å². The Morgan fingerprint density at radius 2 is 1.95 bits per heavy atom. The minimum absolute atomic E-state index is 0.0418. The highest BCUT2D eigenvalue weighted by Gasteiger charge is 2.46. The lowest BCUT2D eigenvalue weighted by Crippen LogP contribution is -2.48. The van der Waals surface area contributed by atoms with Crippen molar-refractivity contribution in [2.75, 3.05) is 31.7 Å². The number of anilines is 1. The van der Waals surface area contributed by atoms with Gasteiger partial charge in [-0.25, -0.2) is 0 Å². The van der Waals surface area contributed by atoms with E-state index in [-0.39, 0.29) is 36.9 Å². The molecule has 2 amide bonds. The van der Waals surface area contributed by atoms with Gasteiger partial charge in [0, 0.05) is 43.1 Å². The summed E-state index contributed by atoms with van der Waals surface area (Å²) in [6.07, 6.45) is 2.21. The van der Waals surface area contributed by atoms with Gasteiger partial charge in [-0.1, -0.05) is 24.3 Å². The van der Waals surface area contributed by atoms with E-state index in [2.05, 4.69) is 17.4 Å². The highest BCUT2D eigenvalue weighted by Crippen LogP contribution is 2.46. The van der Waals surface area contributed by atoms with Crippen LogP contribution in [0.4, 0.5) is 5.69 Å². The van der Waals surface area contributed by atoms with Gasteiger partial charge in [-0.3, -0.25) is 9.59 Å². The molecule has 2 saturated heterocycles. The molecule has 0 spiro atoms. The van der Waals surface area contributed by atoms with Crippen molar-refractivity contribution in [3.8, 4) is 5.75 Å². The third kappa shape index (κ3) is 4.98. The zero-order valence-electron chi connectivity index (χ0n) is 20.9. The third-order valence-electron chi connectivity index (χ3n) is 8.23. The molecule has 0 radical (unpaired) electrons. The summed E-state index contributed by atoms with van der Waals surface area (Å²) in [6, 6.07) is 14.0. The Hall–Kier alpha value is -2.94. The molecule has 2 aromatic rings. The number of hydrogen-bond acceptors (Lipinski definition) is 6. The van der Waals surface area contributed by atoms with Gasteiger partial charge in [0.2, 0.25) is 11.8 Å². The first-order valence-electron chi connectivity index (χ1n) is 13.4. The molecule has 4 aliphatic rings. The average molecular weight is 507 g/mol. The quantitative estimate of drug-likeness (QED) is 0.647. The Kier molecular flexibility index (Phi) is 6.88. The number of nitrogens with zero attached hydrogens (tertiary/aromatic N) is 1. The van der Waals surface area contributed by atoms with Crippen molar-refractivity contribution in [3.63, 3.8) is 0 Å². The van der Waals surface area contributed by atoms with Crippen molar-refractivity contribution >= 4 is 17.5 Å². The number of carbonyl (C=O) groups excluding carboxylic acids is 2. The van der Waals surface area contributed by atoms with Crippen LogP contribution in [0.3, 0.4) is 0 Å². The maximum atomic E-state index is 13.3. The monoisotopic (exact) mass is 506 g/mol. The van der Waals surface area contributed by atoms with E-state index < -0.39 is 18.1 Å². The van der Waals surface area contributed by atoms with E-state index in [1.807, 2.05) is 35.2 Å². The molecular formula is C29H34N2O6. The third-order valence-corrected chi connectivity index (χ3v) is 8.23. The first-order chi connectivity index (χ1) is 18.1. The molecule has 0 aromatic heterocycles. The molecule has 0 saturated carbocycles. The first-order valence-corrected chi connectivity index (χ1v) is 13.4. The van der Waals surface area contributed by atoms with Gasteiger partial charge < -0.3 is 29.5 Å². The highest BCUT2D eigenvalue weighted by molar-refractivity contribution is 5.95. The molecule has 4 heterocycles. The molecule has 8 nitrogen and oxygen atoms in total. The second-order valence-electron chi connectivity index (χ2n) is 10.6. The van der Waals surface area contributed by atoms with Gasteiger partial charge >= 0.3 is 0 Å². The number of rotatable bonds is 5. The van der Waals surface area contributed by atoms with E-state index in [9.17, 15) is 14.7 Å². The van der Waals surface area contributed by atoms with Crippen LogP contribution in [-0.4, -0.2) is 66.5 Å². The zero-order chi connectivity index (χ0) is 25.4. The van der Waals surface area contributed by atoms with Gasteiger partial charge in [-0.05, 0) is 42.2 Å². The Balaban J connectivity index is 1.22. The van der Waals surface area contributed by atoms with Crippen LogP contribution in [0.25, 0.3) is 0 Å². The van der Waals surface area contributed by atoms with E-state index >= 15 is 0 Å². The number of amides is 2. The van der Waals surface area contributed by atoms with E-state index in [0.29, 0.717) is 38.4 Å². The molecule has 8 heteroatoms. The molecule has 2 bridgehead atoms. The fourth-order valence-electron chi connectivity index (χ4n) is 6.29. The molecule has 2 aromatic carbocycles. The van der Waals surface area contributed by atoms with Gasteiger partial charge in [-0.15, -0.1) is 0 Å². The van der Waals surface area contributed by atoms with Crippen molar-refractivity contribution in [2.24, 2.45) is 5.92 Å². The minimum Gasteiger partial charge on any atom is -0.490 e. The van der Waals surface area contributed by atoms with E-state index in [1.54, 1.807) is 0 Å². The molecule has 37 heavy (non-hydrogen) atoms. The Morgan fingerprint density at radius 3 is 2.76 bits per heavy atom. The Morgan fingerprint density at radius 1 is 1.14 bits per heavy atom. The van der Waals surface area contributed by atoms with Gasteiger partial charge in [0.25, 0.3) is 0 Å². The first kappa shape index (κ1) is 24.4. The fourth-order valence-corrected chi connectivity index (χ4v) is 6.29.